The molecule has 158 valence electrons. The molecule has 29 heavy (non-hydrogen) atoms. The van der Waals surface area contributed by atoms with Crippen molar-refractivity contribution in [3.05, 3.63) is 60.7 Å². The largest absolute Gasteiger partial charge is 0.407 e. The van der Waals surface area contributed by atoms with Gasteiger partial charge in [-0.2, -0.15) is 0 Å². The summed E-state index contributed by atoms with van der Waals surface area (Å²) in [5, 5.41) is 12.6. The minimum atomic E-state index is -2.62. The Morgan fingerprint density at radius 1 is 0.862 bits per heavy atom. The summed E-state index contributed by atoms with van der Waals surface area (Å²) in [6.45, 7) is 7.32. The number of rotatable bonds is 8. The second kappa shape index (κ2) is 8.32. The van der Waals surface area contributed by atoms with E-state index in [9.17, 15) is 5.11 Å². The van der Waals surface area contributed by atoms with Gasteiger partial charge >= 0.3 is 0 Å². The van der Waals surface area contributed by atoms with Gasteiger partial charge in [-0.1, -0.05) is 81.4 Å². The molecule has 2 aromatic carbocycles. The molecule has 1 aliphatic rings. The highest BCUT2D eigenvalue weighted by molar-refractivity contribution is 6.99. The Hall–Kier alpha value is -1.50. The van der Waals surface area contributed by atoms with Crippen LogP contribution in [0.3, 0.4) is 0 Å². The van der Waals surface area contributed by atoms with Gasteiger partial charge < -0.3 is 19.0 Å². The second-order valence-corrected chi connectivity index (χ2v) is 13.6. The minimum Gasteiger partial charge on any atom is -0.407 e. The highest BCUT2D eigenvalue weighted by atomic mass is 28.4. The van der Waals surface area contributed by atoms with Crippen LogP contribution in [0.1, 0.15) is 33.6 Å². The van der Waals surface area contributed by atoms with E-state index in [1.807, 2.05) is 12.1 Å². The summed E-state index contributed by atoms with van der Waals surface area (Å²) in [6, 6.07) is 21.2. The maximum Gasteiger partial charge on any atom is 0.261 e. The van der Waals surface area contributed by atoms with Crippen LogP contribution >= 0.6 is 0 Å². The summed E-state index contributed by atoms with van der Waals surface area (Å²) in [5.74, 6) is -0.614. The van der Waals surface area contributed by atoms with Crippen LogP contribution in [0.4, 0.5) is 0 Å². The van der Waals surface area contributed by atoms with Gasteiger partial charge in [0, 0.05) is 39.1 Å². The smallest absolute Gasteiger partial charge is 0.261 e. The van der Waals surface area contributed by atoms with Gasteiger partial charge in [0.1, 0.15) is 0 Å². The highest BCUT2D eigenvalue weighted by Gasteiger charge is 2.58. The number of aliphatic hydroxyl groups is 1. The van der Waals surface area contributed by atoms with Crippen molar-refractivity contribution < 1.29 is 19.0 Å². The Bertz CT molecular complexity index is 734. The molecule has 0 aliphatic heterocycles. The summed E-state index contributed by atoms with van der Waals surface area (Å²) in [6.07, 6.45) is 1.25. The van der Waals surface area contributed by atoms with Gasteiger partial charge in [0.25, 0.3) is 8.32 Å². The Kier molecular flexibility index (Phi) is 6.37. The van der Waals surface area contributed by atoms with Crippen LogP contribution in [0, 0.1) is 5.41 Å². The molecular formula is C24H34O4Si. The molecule has 0 radical (unpaired) electrons. The van der Waals surface area contributed by atoms with Crippen LogP contribution < -0.4 is 10.4 Å². The predicted molar refractivity (Wildman–Crippen MR) is 119 cm³/mol. The van der Waals surface area contributed by atoms with Crippen molar-refractivity contribution in [2.45, 2.75) is 44.4 Å². The normalized spacial score (nSPS) is 18.3. The molecule has 0 bridgehead atoms. The summed E-state index contributed by atoms with van der Waals surface area (Å²) in [5.41, 5.74) is -0.348. The lowest BCUT2D eigenvalue weighted by atomic mass is 9.65. The van der Waals surface area contributed by atoms with Crippen LogP contribution in [0.5, 0.6) is 0 Å². The molecular weight excluding hydrogens is 380 g/mol. The summed E-state index contributed by atoms with van der Waals surface area (Å²) >= 11 is 0. The van der Waals surface area contributed by atoms with Crippen molar-refractivity contribution in [3.8, 4) is 0 Å². The number of hydrogen-bond donors (Lipinski definition) is 1. The van der Waals surface area contributed by atoms with Crippen LogP contribution in [0.15, 0.2) is 60.7 Å². The van der Waals surface area contributed by atoms with Gasteiger partial charge in [0.15, 0.2) is 5.79 Å². The van der Waals surface area contributed by atoms with Gasteiger partial charge in [-0.3, -0.25) is 0 Å². The predicted octanol–water partition coefficient (Wildman–Crippen LogP) is 3.32. The standard InChI is InChI=1S/C24H34O4Si/c1-22(2,3)29(20-12-8-6-9-13-20,21-14-10-7-11-15-21)28-19-23(18-25)16-24(17-23,26-4)27-5/h6-15,25H,16-19H2,1-5H3. The van der Waals surface area contributed by atoms with E-state index in [4.69, 9.17) is 13.9 Å². The molecule has 0 heterocycles. The van der Waals surface area contributed by atoms with Gasteiger partial charge in [0.05, 0.1) is 6.61 Å². The molecule has 0 saturated heterocycles. The summed E-state index contributed by atoms with van der Waals surface area (Å²) in [4.78, 5) is 0. The van der Waals surface area contributed by atoms with E-state index in [0.717, 1.165) is 0 Å². The molecule has 4 nitrogen and oxygen atoms in total. The number of methoxy groups -OCH3 is 2. The van der Waals surface area contributed by atoms with E-state index >= 15 is 0 Å². The molecule has 5 heteroatoms. The van der Waals surface area contributed by atoms with Crippen LogP contribution in [0.25, 0.3) is 0 Å². The molecule has 2 aromatic rings. The molecule has 0 amide bonds. The van der Waals surface area contributed by atoms with E-state index in [1.54, 1.807) is 14.2 Å². The van der Waals surface area contributed by atoms with E-state index < -0.39 is 14.1 Å². The SMILES string of the molecule is COC1(OC)CC(CO)(CO[Si](c2ccccc2)(c2ccccc2)C(C)(C)C)C1. The fourth-order valence-electron chi connectivity index (χ4n) is 4.75. The lowest BCUT2D eigenvalue weighted by molar-refractivity contribution is -0.307. The summed E-state index contributed by atoms with van der Waals surface area (Å²) < 4.78 is 18.2. The molecule has 0 unspecified atom stereocenters. The Morgan fingerprint density at radius 3 is 1.66 bits per heavy atom. The molecule has 0 atom stereocenters. The van der Waals surface area contributed by atoms with E-state index in [0.29, 0.717) is 19.4 Å². The topological polar surface area (TPSA) is 47.9 Å². The van der Waals surface area contributed by atoms with Crippen molar-refractivity contribution in [1.29, 1.82) is 0 Å². The number of hydrogen-bond acceptors (Lipinski definition) is 4. The fraction of sp³-hybridized carbons (Fsp3) is 0.500. The molecule has 1 fully saturated rings. The third kappa shape index (κ3) is 3.94. The van der Waals surface area contributed by atoms with Gasteiger partial charge in [-0.25, -0.2) is 0 Å². The van der Waals surface area contributed by atoms with Crippen molar-refractivity contribution in [3.63, 3.8) is 0 Å². The van der Waals surface area contributed by atoms with Crippen molar-refractivity contribution in [2.24, 2.45) is 5.41 Å². The molecule has 1 N–H and O–H groups in total. The molecule has 0 spiro atoms. The first kappa shape index (κ1) is 22.2. The van der Waals surface area contributed by atoms with E-state index in [1.165, 1.54) is 10.4 Å². The first-order valence-electron chi connectivity index (χ1n) is 10.2. The first-order valence-corrected chi connectivity index (χ1v) is 12.1. The zero-order valence-electron chi connectivity index (χ0n) is 18.3. The zero-order chi connectivity index (χ0) is 21.2. The minimum absolute atomic E-state index is 0.0552. The molecule has 1 saturated carbocycles. The van der Waals surface area contributed by atoms with E-state index in [-0.39, 0.29) is 17.1 Å². The quantitative estimate of drug-likeness (QED) is 0.532. The Balaban J connectivity index is 2.01. The van der Waals surface area contributed by atoms with Crippen molar-refractivity contribution >= 4 is 18.7 Å². The zero-order valence-corrected chi connectivity index (χ0v) is 19.3. The lowest BCUT2D eigenvalue weighted by Gasteiger charge is -2.55. The Morgan fingerprint density at radius 2 is 1.31 bits per heavy atom. The van der Waals surface area contributed by atoms with Crippen molar-refractivity contribution in [2.75, 3.05) is 27.4 Å². The second-order valence-electron chi connectivity index (χ2n) is 9.28. The average Bonchev–Trinajstić information content (AvgIpc) is 2.71. The monoisotopic (exact) mass is 414 g/mol. The first-order chi connectivity index (χ1) is 13.8. The van der Waals surface area contributed by atoms with Gasteiger partial charge in [-0.05, 0) is 15.4 Å². The third-order valence-corrected chi connectivity index (χ3v) is 11.4. The molecule has 0 aromatic heterocycles. The maximum atomic E-state index is 10.2. The highest BCUT2D eigenvalue weighted by Crippen LogP contribution is 2.51. The Labute approximate surface area is 176 Å². The molecule has 1 aliphatic carbocycles. The number of benzene rings is 2. The average molecular weight is 415 g/mol. The lowest BCUT2D eigenvalue weighted by Crippen LogP contribution is -2.68. The van der Waals surface area contributed by atoms with Crippen LogP contribution in [0.2, 0.25) is 5.04 Å². The van der Waals surface area contributed by atoms with Crippen molar-refractivity contribution in [1.82, 2.24) is 0 Å². The van der Waals surface area contributed by atoms with Gasteiger partial charge in [-0.15, -0.1) is 0 Å². The van der Waals surface area contributed by atoms with Crippen LogP contribution in [-0.2, 0) is 13.9 Å². The summed E-state index contributed by atoms with van der Waals surface area (Å²) in [7, 11) is 0.704. The van der Waals surface area contributed by atoms with E-state index in [2.05, 4.69) is 69.3 Å². The van der Waals surface area contributed by atoms with Gasteiger partial charge in [0.2, 0.25) is 0 Å². The number of ether oxygens (including phenoxy) is 2. The van der Waals surface area contributed by atoms with Crippen LogP contribution in [-0.4, -0.2) is 46.6 Å². The third-order valence-electron chi connectivity index (χ3n) is 6.38. The maximum absolute atomic E-state index is 10.2. The fourth-order valence-corrected chi connectivity index (χ4v) is 9.42. The molecule has 3 rings (SSSR count). The number of aliphatic hydroxyl groups excluding tert-OH is 1.